The Morgan fingerprint density at radius 3 is 2.08 bits per heavy atom. The van der Waals surface area contributed by atoms with Crippen LogP contribution in [-0.4, -0.2) is 23.6 Å². The zero-order valence-corrected chi connectivity index (χ0v) is 16.4. The highest BCUT2D eigenvalue weighted by atomic mass is 32.2. The molecule has 1 unspecified atom stereocenters. The Kier molecular flexibility index (Phi) is 4.00. The minimum absolute atomic E-state index is 0.00766. The molecule has 1 heterocycles. The maximum Gasteiger partial charge on any atom is 0.330 e. The molecule has 0 amide bonds. The van der Waals surface area contributed by atoms with Crippen LogP contribution in [0.2, 0.25) is 0 Å². The summed E-state index contributed by atoms with van der Waals surface area (Å²) in [6.45, 7) is 1.94. The van der Waals surface area contributed by atoms with E-state index in [1.165, 1.54) is 33.4 Å². The molecule has 5 rings (SSSR count). The van der Waals surface area contributed by atoms with Gasteiger partial charge in [0.15, 0.2) is 4.90 Å². The normalized spacial score (nSPS) is 34.2. The van der Waals surface area contributed by atoms with Crippen molar-refractivity contribution in [2.75, 3.05) is 0 Å². The molecule has 26 heavy (non-hydrogen) atoms. The summed E-state index contributed by atoms with van der Waals surface area (Å²) >= 11 is 0. The average molecular weight is 381 g/mol. The second-order valence-electron chi connectivity index (χ2n) is 8.87. The largest absolute Gasteiger partial charge is 0.330 e. The fourth-order valence-electron chi connectivity index (χ4n) is 6.09. The van der Waals surface area contributed by atoms with Gasteiger partial charge in [-0.25, -0.2) is 17.9 Å². The van der Waals surface area contributed by atoms with Crippen LogP contribution >= 0.6 is 0 Å². The summed E-state index contributed by atoms with van der Waals surface area (Å²) in [6, 6.07) is -0.220. The standard InChI is InChI=1S/C18H27N3O4S/c1-11(18-7-12-4-13(8-18)6-14(5-12)9-18)19-26(24,25)15-10-20(2)17(23)21(3)16(15)22/h10-14,19H,4-9H2,1-3H3. The summed E-state index contributed by atoms with van der Waals surface area (Å²) in [7, 11) is -1.24. The molecule has 1 N–H and O–H groups in total. The predicted octanol–water partition coefficient (Wildman–Crippen LogP) is 0.967. The first kappa shape index (κ1) is 18.0. The van der Waals surface area contributed by atoms with Crippen LogP contribution in [0.5, 0.6) is 0 Å². The van der Waals surface area contributed by atoms with Crippen LogP contribution in [0, 0.1) is 23.2 Å². The van der Waals surface area contributed by atoms with Gasteiger partial charge in [0.25, 0.3) is 5.56 Å². The first-order valence-corrected chi connectivity index (χ1v) is 10.9. The van der Waals surface area contributed by atoms with Crippen molar-refractivity contribution in [2.45, 2.75) is 56.4 Å². The molecular weight excluding hydrogens is 354 g/mol. The third-order valence-corrected chi connectivity index (χ3v) is 8.56. The summed E-state index contributed by atoms with van der Waals surface area (Å²) in [5, 5.41) is 0. The fourth-order valence-corrected chi connectivity index (χ4v) is 7.59. The van der Waals surface area contributed by atoms with E-state index in [-0.39, 0.29) is 16.4 Å². The van der Waals surface area contributed by atoms with Crippen molar-refractivity contribution in [2.24, 2.45) is 37.3 Å². The quantitative estimate of drug-likeness (QED) is 0.841. The highest BCUT2D eigenvalue weighted by Crippen LogP contribution is 2.61. The van der Waals surface area contributed by atoms with Gasteiger partial charge in [-0.05, 0) is 68.6 Å². The van der Waals surface area contributed by atoms with Crippen molar-refractivity contribution < 1.29 is 8.42 Å². The smallest absolute Gasteiger partial charge is 0.302 e. The lowest BCUT2D eigenvalue weighted by Crippen LogP contribution is -2.56. The van der Waals surface area contributed by atoms with Crippen LogP contribution in [0.25, 0.3) is 0 Å². The van der Waals surface area contributed by atoms with E-state index in [0.717, 1.165) is 52.3 Å². The monoisotopic (exact) mass is 381 g/mol. The van der Waals surface area contributed by atoms with Crippen LogP contribution in [0.4, 0.5) is 0 Å². The maximum atomic E-state index is 12.9. The molecular formula is C18H27N3O4S. The highest BCUT2D eigenvalue weighted by molar-refractivity contribution is 7.89. The molecule has 1 aromatic rings. The second kappa shape index (κ2) is 5.79. The summed E-state index contributed by atoms with van der Waals surface area (Å²) in [4.78, 5) is 23.8. The fraction of sp³-hybridized carbons (Fsp3) is 0.778. The number of sulfonamides is 1. The van der Waals surface area contributed by atoms with Crippen molar-refractivity contribution in [3.8, 4) is 0 Å². The summed E-state index contributed by atoms with van der Waals surface area (Å²) in [5.41, 5.74) is -1.31. The Morgan fingerprint density at radius 2 is 1.58 bits per heavy atom. The molecule has 0 saturated heterocycles. The number of aromatic nitrogens is 2. The van der Waals surface area contributed by atoms with Crippen LogP contribution < -0.4 is 16.0 Å². The first-order valence-electron chi connectivity index (χ1n) is 9.40. The van der Waals surface area contributed by atoms with Crippen molar-refractivity contribution >= 4 is 10.0 Å². The number of rotatable bonds is 4. The zero-order chi connectivity index (χ0) is 18.9. The Morgan fingerprint density at radius 1 is 1.08 bits per heavy atom. The lowest BCUT2D eigenvalue weighted by atomic mass is 9.48. The molecule has 1 atom stereocenters. The topological polar surface area (TPSA) is 90.2 Å². The zero-order valence-electron chi connectivity index (χ0n) is 15.6. The Balaban J connectivity index is 1.65. The van der Waals surface area contributed by atoms with E-state index in [9.17, 15) is 18.0 Å². The molecule has 4 aliphatic rings. The Labute approximate surface area is 153 Å². The SMILES string of the molecule is CC(NS(=O)(=O)c1cn(C)c(=O)n(C)c1=O)C12CC3CC(CC(C3)C1)C2. The molecule has 4 fully saturated rings. The summed E-state index contributed by atoms with van der Waals surface area (Å²) in [6.07, 6.45) is 8.23. The molecule has 0 aliphatic heterocycles. The molecule has 8 heteroatoms. The van der Waals surface area contributed by atoms with E-state index in [2.05, 4.69) is 4.72 Å². The number of nitrogens with zero attached hydrogens (tertiary/aromatic N) is 2. The number of hydrogen-bond acceptors (Lipinski definition) is 4. The van der Waals surface area contributed by atoms with Gasteiger partial charge < -0.3 is 4.57 Å². The molecule has 4 saturated carbocycles. The molecule has 144 valence electrons. The van der Waals surface area contributed by atoms with Gasteiger partial charge in [-0.1, -0.05) is 0 Å². The minimum atomic E-state index is -3.99. The lowest BCUT2D eigenvalue weighted by molar-refractivity contribution is -0.0666. The van der Waals surface area contributed by atoms with Gasteiger partial charge in [-0.2, -0.15) is 0 Å². The van der Waals surface area contributed by atoms with E-state index in [1.807, 2.05) is 6.92 Å². The van der Waals surface area contributed by atoms with Crippen molar-refractivity contribution in [3.05, 3.63) is 27.0 Å². The van der Waals surface area contributed by atoms with Gasteiger partial charge in [-0.3, -0.25) is 9.36 Å². The molecule has 4 aliphatic carbocycles. The maximum absolute atomic E-state index is 12.9. The third kappa shape index (κ3) is 2.69. The van der Waals surface area contributed by atoms with E-state index in [1.54, 1.807) is 0 Å². The summed E-state index contributed by atoms with van der Waals surface area (Å²) in [5.74, 6) is 2.16. The van der Waals surface area contributed by atoms with Crippen molar-refractivity contribution in [1.29, 1.82) is 0 Å². The van der Waals surface area contributed by atoms with Gasteiger partial charge in [0.05, 0.1) is 0 Å². The van der Waals surface area contributed by atoms with E-state index in [4.69, 9.17) is 0 Å². The van der Waals surface area contributed by atoms with E-state index in [0.29, 0.717) is 0 Å². The molecule has 0 aromatic carbocycles. The number of aryl methyl sites for hydroxylation is 1. The van der Waals surface area contributed by atoms with Gasteiger partial charge in [-0.15, -0.1) is 0 Å². The molecule has 0 radical (unpaired) electrons. The van der Waals surface area contributed by atoms with Crippen molar-refractivity contribution in [3.63, 3.8) is 0 Å². The summed E-state index contributed by atoms with van der Waals surface area (Å²) < 4.78 is 30.6. The van der Waals surface area contributed by atoms with Gasteiger partial charge in [0.1, 0.15) is 0 Å². The van der Waals surface area contributed by atoms with Gasteiger partial charge in [0.2, 0.25) is 10.0 Å². The Hall–Kier alpha value is -1.41. The number of hydrogen-bond donors (Lipinski definition) is 1. The van der Waals surface area contributed by atoms with Gasteiger partial charge in [0, 0.05) is 26.3 Å². The molecule has 1 aromatic heterocycles. The average Bonchev–Trinajstić information content (AvgIpc) is 2.54. The highest BCUT2D eigenvalue weighted by Gasteiger charge is 2.53. The Bertz CT molecular complexity index is 924. The predicted molar refractivity (Wildman–Crippen MR) is 97.3 cm³/mol. The second-order valence-corrected chi connectivity index (χ2v) is 10.6. The van der Waals surface area contributed by atoms with E-state index < -0.39 is 21.3 Å². The minimum Gasteiger partial charge on any atom is -0.302 e. The van der Waals surface area contributed by atoms with Crippen LogP contribution in [0.3, 0.4) is 0 Å². The van der Waals surface area contributed by atoms with Crippen LogP contribution in [0.15, 0.2) is 20.7 Å². The third-order valence-electron chi connectivity index (χ3n) is 7.04. The lowest BCUT2D eigenvalue weighted by Gasteiger charge is -2.59. The molecule has 4 bridgehead atoms. The van der Waals surface area contributed by atoms with Crippen LogP contribution in [0.1, 0.15) is 45.4 Å². The van der Waals surface area contributed by atoms with Crippen molar-refractivity contribution in [1.82, 2.24) is 13.9 Å². The first-order chi connectivity index (χ1) is 12.1. The molecule has 0 spiro atoms. The van der Waals surface area contributed by atoms with Gasteiger partial charge >= 0.3 is 5.69 Å². The van der Waals surface area contributed by atoms with E-state index >= 15 is 0 Å². The van der Waals surface area contributed by atoms with Crippen LogP contribution in [-0.2, 0) is 24.1 Å². The molecule has 7 nitrogen and oxygen atoms in total. The number of nitrogens with one attached hydrogen (secondary N) is 1.